The fraction of sp³-hybridized carbons (Fsp3) is 0.333. The quantitative estimate of drug-likeness (QED) is 0.498. The van der Waals surface area contributed by atoms with Crippen molar-refractivity contribution in [2.45, 2.75) is 30.9 Å². The molecule has 0 amide bonds. The van der Waals surface area contributed by atoms with Gasteiger partial charge in [0.25, 0.3) is 0 Å². The van der Waals surface area contributed by atoms with E-state index < -0.39 is 16.4 Å². The zero-order chi connectivity index (χ0) is 15.4. The molecule has 0 aliphatic rings. The molecule has 0 aliphatic heterocycles. The lowest BCUT2D eigenvalue weighted by molar-refractivity contribution is -0.387. The van der Waals surface area contributed by atoms with E-state index in [-0.39, 0.29) is 0 Å². The second-order valence-electron chi connectivity index (χ2n) is 4.18. The summed E-state index contributed by atoms with van der Waals surface area (Å²) >= 11 is 1.38. The lowest BCUT2D eigenvalue weighted by Gasteiger charge is -2.06. The van der Waals surface area contributed by atoms with Crippen LogP contribution in [0.15, 0.2) is 23.4 Å². The van der Waals surface area contributed by atoms with Gasteiger partial charge in [-0.25, -0.2) is 0 Å². The Balaban J connectivity index is 2.11. The first-order valence-electron chi connectivity index (χ1n) is 6.24. The summed E-state index contributed by atoms with van der Waals surface area (Å²) in [5, 5.41) is 19.3. The van der Waals surface area contributed by atoms with Gasteiger partial charge < -0.3 is 10.3 Å². The molecule has 7 nitrogen and oxygen atoms in total. The third-order valence-corrected chi connectivity index (χ3v) is 3.91. The van der Waals surface area contributed by atoms with Crippen LogP contribution in [0.5, 0.6) is 0 Å². The van der Waals surface area contributed by atoms with E-state index in [1.165, 1.54) is 30.0 Å². The van der Waals surface area contributed by atoms with E-state index >= 15 is 0 Å². The summed E-state index contributed by atoms with van der Waals surface area (Å²) in [7, 11) is 0. The predicted octanol–water partition coefficient (Wildman–Crippen LogP) is 2.10. The van der Waals surface area contributed by atoms with Crippen LogP contribution in [-0.4, -0.2) is 19.7 Å². The Morgan fingerprint density at radius 2 is 2.24 bits per heavy atom. The standard InChI is InChI=1S/C12H14FN5O2S/c1-2-17-11(6-14)15-16-12(17)21-7-8-3-4-10(18(19)20)9(13)5-8/h3-5H,2,6-7,14H2,1H3. The van der Waals surface area contributed by atoms with Gasteiger partial charge in [0.1, 0.15) is 5.82 Å². The molecule has 1 aromatic carbocycles. The second-order valence-corrected chi connectivity index (χ2v) is 5.12. The maximum Gasteiger partial charge on any atom is 0.304 e. The second kappa shape index (κ2) is 6.64. The van der Waals surface area contributed by atoms with Crippen molar-refractivity contribution in [2.24, 2.45) is 5.73 Å². The number of rotatable bonds is 6. The third kappa shape index (κ3) is 3.37. The highest BCUT2D eigenvalue weighted by atomic mass is 32.2. The van der Waals surface area contributed by atoms with Gasteiger partial charge >= 0.3 is 5.69 Å². The summed E-state index contributed by atoms with van der Waals surface area (Å²) in [4.78, 5) is 9.82. The largest absolute Gasteiger partial charge is 0.324 e. The van der Waals surface area contributed by atoms with Crippen LogP contribution in [0.1, 0.15) is 18.3 Å². The summed E-state index contributed by atoms with van der Waals surface area (Å²) in [6, 6.07) is 3.87. The number of nitrogens with two attached hydrogens (primary N) is 1. The molecule has 0 fully saturated rings. The molecule has 0 saturated heterocycles. The highest BCUT2D eigenvalue weighted by Crippen LogP contribution is 2.25. The fourth-order valence-electron chi connectivity index (χ4n) is 1.83. The molecule has 2 aromatic rings. The van der Waals surface area contributed by atoms with Gasteiger partial charge in [0.15, 0.2) is 5.16 Å². The number of benzene rings is 1. The van der Waals surface area contributed by atoms with Gasteiger partial charge in [-0.15, -0.1) is 10.2 Å². The molecule has 1 aromatic heterocycles. The smallest absolute Gasteiger partial charge is 0.304 e. The molecule has 21 heavy (non-hydrogen) atoms. The summed E-state index contributed by atoms with van der Waals surface area (Å²) in [5.74, 6) is 0.296. The first kappa shape index (κ1) is 15.4. The summed E-state index contributed by atoms with van der Waals surface area (Å²) in [6.45, 7) is 2.95. The highest BCUT2D eigenvalue weighted by Gasteiger charge is 2.15. The van der Waals surface area contributed by atoms with Crippen LogP contribution in [-0.2, 0) is 18.8 Å². The zero-order valence-electron chi connectivity index (χ0n) is 11.3. The van der Waals surface area contributed by atoms with Gasteiger partial charge in [-0.2, -0.15) is 4.39 Å². The van der Waals surface area contributed by atoms with Crippen LogP contribution in [0.25, 0.3) is 0 Å². The molecule has 112 valence electrons. The van der Waals surface area contributed by atoms with E-state index in [9.17, 15) is 14.5 Å². The van der Waals surface area contributed by atoms with Gasteiger partial charge in [0, 0.05) is 18.4 Å². The number of nitrogens with zero attached hydrogens (tertiary/aromatic N) is 4. The van der Waals surface area contributed by atoms with Gasteiger partial charge in [0.2, 0.25) is 5.82 Å². The van der Waals surface area contributed by atoms with Crippen molar-refractivity contribution in [3.8, 4) is 0 Å². The average Bonchev–Trinajstić information content (AvgIpc) is 2.86. The number of hydrogen-bond acceptors (Lipinski definition) is 6. The maximum atomic E-state index is 13.5. The minimum atomic E-state index is -0.835. The summed E-state index contributed by atoms with van der Waals surface area (Å²) < 4.78 is 15.4. The van der Waals surface area contributed by atoms with E-state index in [0.717, 1.165) is 0 Å². The van der Waals surface area contributed by atoms with Crippen molar-refractivity contribution in [3.63, 3.8) is 0 Å². The molecular weight excluding hydrogens is 297 g/mol. The minimum absolute atomic E-state index is 0.299. The molecule has 1 heterocycles. The zero-order valence-corrected chi connectivity index (χ0v) is 12.1. The monoisotopic (exact) mass is 311 g/mol. The number of thioether (sulfide) groups is 1. The Morgan fingerprint density at radius 1 is 1.48 bits per heavy atom. The minimum Gasteiger partial charge on any atom is -0.324 e. The number of nitro groups is 1. The predicted molar refractivity (Wildman–Crippen MR) is 76.2 cm³/mol. The number of aromatic nitrogens is 3. The lowest BCUT2D eigenvalue weighted by Crippen LogP contribution is -2.08. The van der Waals surface area contributed by atoms with E-state index in [1.54, 1.807) is 0 Å². The van der Waals surface area contributed by atoms with Crippen molar-refractivity contribution < 1.29 is 9.31 Å². The van der Waals surface area contributed by atoms with E-state index in [2.05, 4.69) is 10.2 Å². The van der Waals surface area contributed by atoms with Crippen LogP contribution in [0.4, 0.5) is 10.1 Å². The number of nitro benzene ring substituents is 1. The lowest BCUT2D eigenvalue weighted by atomic mass is 10.2. The van der Waals surface area contributed by atoms with Crippen LogP contribution in [0.3, 0.4) is 0 Å². The van der Waals surface area contributed by atoms with Crippen molar-refractivity contribution in [1.29, 1.82) is 0 Å². The molecule has 0 unspecified atom stereocenters. The summed E-state index contributed by atoms with van der Waals surface area (Å²) in [6.07, 6.45) is 0. The van der Waals surface area contributed by atoms with E-state index in [1.807, 2.05) is 11.5 Å². The molecule has 0 atom stereocenters. The fourth-order valence-corrected chi connectivity index (χ4v) is 2.79. The number of halogens is 1. The average molecular weight is 311 g/mol. The van der Waals surface area contributed by atoms with Crippen molar-refractivity contribution in [3.05, 3.63) is 45.5 Å². The molecule has 0 radical (unpaired) electrons. The molecule has 0 spiro atoms. The maximum absolute atomic E-state index is 13.5. The van der Waals surface area contributed by atoms with E-state index in [4.69, 9.17) is 5.73 Å². The van der Waals surface area contributed by atoms with Crippen LogP contribution in [0, 0.1) is 15.9 Å². The normalized spacial score (nSPS) is 10.8. The first-order valence-corrected chi connectivity index (χ1v) is 7.23. The Morgan fingerprint density at radius 3 is 2.81 bits per heavy atom. The topological polar surface area (TPSA) is 99.9 Å². The molecular formula is C12H14FN5O2S. The van der Waals surface area contributed by atoms with Gasteiger partial charge in [0.05, 0.1) is 11.5 Å². The van der Waals surface area contributed by atoms with Crippen molar-refractivity contribution in [2.75, 3.05) is 0 Å². The molecule has 0 aliphatic carbocycles. The highest BCUT2D eigenvalue weighted by molar-refractivity contribution is 7.98. The Kier molecular flexibility index (Phi) is 4.86. The number of hydrogen-bond donors (Lipinski definition) is 1. The van der Waals surface area contributed by atoms with Gasteiger partial charge in [-0.1, -0.05) is 17.8 Å². The molecule has 0 saturated carbocycles. The van der Waals surface area contributed by atoms with Gasteiger partial charge in [-0.3, -0.25) is 10.1 Å². The van der Waals surface area contributed by atoms with Crippen LogP contribution in [0.2, 0.25) is 0 Å². The third-order valence-electron chi connectivity index (χ3n) is 2.87. The Labute approximate surface area is 124 Å². The van der Waals surface area contributed by atoms with Crippen molar-refractivity contribution >= 4 is 17.4 Å². The summed E-state index contributed by atoms with van der Waals surface area (Å²) in [5.41, 5.74) is 5.69. The first-order chi connectivity index (χ1) is 10.1. The molecule has 0 bridgehead atoms. The Bertz CT molecular complexity index is 661. The molecule has 2 rings (SSSR count). The van der Waals surface area contributed by atoms with E-state index in [0.29, 0.717) is 35.4 Å². The molecule has 9 heteroatoms. The van der Waals surface area contributed by atoms with Gasteiger partial charge in [-0.05, 0) is 18.6 Å². The van der Waals surface area contributed by atoms with Crippen LogP contribution < -0.4 is 5.73 Å². The van der Waals surface area contributed by atoms with Crippen molar-refractivity contribution in [1.82, 2.24) is 14.8 Å². The molecule has 2 N–H and O–H groups in total. The SMILES string of the molecule is CCn1c(CN)nnc1SCc1ccc([N+](=O)[O-])c(F)c1. The Hall–Kier alpha value is -2.00. The van der Waals surface area contributed by atoms with Crippen LogP contribution >= 0.6 is 11.8 Å².